The van der Waals surface area contributed by atoms with Crippen LogP contribution in [0, 0.1) is 10.1 Å². The lowest BCUT2D eigenvalue weighted by atomic mass is 9.77. The van der Waals surface area contributed by atoms with E-state index in [2.05, 4.69) is 5.32 Å². The molecule has 5 rings (SSSR count). The number of nitrogens with zero attached hydrogens (tertiary/aromatic N) is 2. The molecule has 2 aromatic carbocycles. The highest BCUT2D eigenvalue weighted by Crippen LogP contribution is 2.58. The average molecular weight is 462 g/mol. The van der Waals surface area contributed by atoms with Gasteiger partial charge in [-0.25, -0.2) is 0 Å². The SMILES string of the molecule is CCOc1c(Cl)cc([C@@H]2[C@@H]3CCCN3[C@@]3(C(=O)Nc4ccccc43)[C@@H]2[N+](=O)[O-])cc1Cl. The van der Waals surface area contributed by atoms with Crippen molar-refractivity contribution in [2.45, 2.75) is 43.3 Å². The van der Waals surface area contributed by atoms with Gasteiger partial charge in [0.25, 0.3) is 11.9 Å². The number of carbonyl (C=O) groups is 1. The van der Waals surface area contributed by atoms with Gasteiger partial charge >= 0.3 is 0 Å². The molecule has 2 saturated heterocycles. The zero-order chi connectivity index (χ0) is 21.9. The van der Waals surface area contributed by atoms with Gasteiger partial charge in [-0.1, -0.05) is 41.4 Å². The Hall–Kier alpha value is -2.35. The molecule has 0 aromatic heterocycles. The van der Waals surface area contributed by atoms with Crippen LogP contribution in [-0.4, -0.2) is 41.0 Å². The molecular weight excluding hydrogens is 441 g/mol. The number of fused-ring (bicyclic) bond motifs is 4. The van der Waals surface area contributed by atoms with Crippen molar-refractivity contribution in [1.29, 1.82) is 0 Å². The van der Waals surface area contributed by atoms with E-state index in [0.29, 0.717) is 45.8 Å². The van der Waals surface area contributed by atoms with Crippen LogP contribution in [0.3, 0.4) is 0 Å². The first kappa shape index (κ1) is 20.5. The molecule has 3 aliphatic rings. The van der Waals surface area contributed by atoms with Crippen LogP contribution in [0.25, 0.3) is 0 Å². The van der Waals surface area contributed by atoms with Crippen LogP contribution in [0.15, 0.2) is 36.4 Å². The van der Waals surface area contributed by atoms with E-state index >= 15 is 0 Å². The number of para-hydroxylation sites is 1. The summed E-state index contributed by atoms with van der Waals surface area (Å²) in [5.74, 6) is -0.514. The Balaban J connectivity index is 1.72. The Kier molecular flexibility index (Phi) is 4.88. The van der Waals surface area contributed by atoms with Crippen LogP contribution in [0.1, 0.15) is 36.8 Å². The van der Waals surface area contributed by atoms with Gasteiger partial charge in [-0.15, -0.1) is 0 Å². The molecule has 1 N–H and O–H groups in total. The monoisotopic (exact) mass is 461 g/mol. The van der Waals surface area contributed by atoms with E-state index in [1.165, 1.54) is 0 Å². The summed E-state index contributed by atoms with van der Waals surface area (Å²) in [6.07, 6.45) is 1.62. The minimum absolute atomic E-state index is 0.169. The maximum absolute atomic E-state index is 13.4. The summed E-state index contributed by atoms with van der Waals surface area (Å²) in [5, 5.41) is 16.1. The summed E-state index contributed by atoms with van der Waals surface area (Å²) < 4.78 is 5.53. The molecule has 3 aliphatic heterocycles. The Morgan fingerprint density at radius 3 is 2.68 bits per heavy atom. The molecule has 0 radical (unpaired) electrons. The highest BCUT2D eigenvalue weighted by atomic mass is 35.5. The number of hydrogen-bond acceptors (Lipinski definition) is 5. The van der Waals surface area contributed by atoms with Gasteiger partial charge in [0.2, 0.25) is 0 Å². The number of nitrogens with one attached hydrogen (secondary N) is 1. The molecule has 9 heteroatoms. The number of halogens is 2. The summed E-state index contributed by atoms with van der Waals surface area (Å²) in [7, 11) is 0. The third-order valence-corrected chi connectivity index (χ3v) is 7.35. The Morgan fingerprint density at radius 1 is 1.29 bits per heavy atom. The standard InChI is InChI=1S/C22H21Cl2N3O4/c1-2-31-19-14(23)10-12(11-15(19)24)18-17-8-5-9-26(17)22(20(18)27(29)30)13-6-3-4-7-16(13)25-21(22)28/h3-4,6-7,10-11,17-18,20H,2,5,8-9H2,1H3,(H,25,28)/t17-,18+,20+,22+/m0/s1. The zero-order valence-electron chi connectivity index (χ0n) is 16.8. The summed E-state index contributed by atoms with van der Waals surface area (Å²) >= 11 is 12.9. The third-order valence-electron chi connectivity index (χ3n) is 6.79. The molecule has 0 saturated carbocycles. The van der Waals surface area contributed by atoms with Crippen molar-refractivity contribution in [1.82, 2.24) is 4.90 Å². The van der Waals surface area contributed by atoms with Gasteiger partial charge in [0.1, 0.15) is 0 Å². The van der Waals surface area contributed by atoms with E-state index in [1.54, 1.807) is 18.2 Å². The van der Waals surface area contributed by atoms with Crippen molar-refractivity contribution in [3.8, 4) is 5.75 Å². The normalized spacial score (nSPS) is 29.1. The number of hydrogen-bond donors (Lipinski definition) is 1. The van der Waals surface area contributed by atoms with Crippen molar-refractivity contribution < 1.29 is 14.5 Å². The van der Waals surface area contributed by atoms with Gasteiger partial charge in [0.05, 0.1) is 22.6 Å². The zero-order valence-corrected chi connectivity index (χ0v) is 18.3. The molecular formula is C22H21Cl2N3O4. The quantitative estimate of drug-likeness (QED) is 0.536. The van der Waals surface area contributed by atoms with Crippen molar-refractivity contribution in [3.05, 3.63) is 67.7 Å². The average Bonchev–Trinajstić information content (AvgIpc) is 3.38. The van der Waals surface area contributed by atoms with Crippen LogP contribution in [0.2, 0.25) is 10.0 Å². The van der Waals surface area contributed by atoms with Crippen LogP contribution < -0.4 is 10.1 Å². The third kappa shape index (κ3) is 2.73. The maximum atomic E-state index is 13.4. The van der Waals surface area contributed by atoms with Crippen LogP contribution in [-0.2, 0) is 10.3 Å². The van der Waals surface area contributed by atoms with Crippen molar-refractivity contribution >= 4 is 34.8 Å². The Labute approximate surface area is 189 Å². The van der Waals surface area contributed by atoms with Crippen LogP contribution >= 0.6 is 23.2 Å². The molecule has 0 unspecified atom stereocenters. The lowest BCUT2D eigenvalue weighted by molar-refractivity contribution is -0.534. The molecule has 3 heterocycles. The molecule has 1 spiro atoms. The minimum Gasteiger partial charge on any atom is -0.491 e. The van der Waals surface area contributed by atoms with Gasteiger partial charge < -0.3 is 10.1 Å². The number of amides is 1. The Bertz CT molecular complexity index is 1070. The second-order valence-corrected chi connectivity index (χ2v) is 8.99. The largest absolute Gasteiger partial charge is 0.491 e. The number of nitro groups is 1. The van der Waals surface area contributed by atoms with Gasteiger partial charge in [-0.05, 0) is 43.5 Å². The van der Waals surface area contributed by atoms with Crippen LogP contribution in [0.5, 0.6) is 5.75 Å². The van der Waals surface area contributed by atoms with E-state index in [4.69, 9.17) is 27.9 Å². The van der Waals surface area contributed by atoms with E-state index in [0.717, 1.165) is 12.8 Å². The summed E-state index contributed by atoms with van der Waals surface area (Å²) in [5.41, 5.74) is 0.600. The molecule has 0 aliphatic carbocycles. The lowest BCUT2D eigenvalue weighted by Gasteiger charge is -2.32. The highest BCUT2D eigenvalue weighted by molar-refractivity contribution is 6.37. The fourth-order valence-electron chi connectivity index (χ4n) is 5.83. The molecule has 1 amide bonds. The second-order valence-electron chi connectivity index (χ2n) is 8.17. The molecule has 2 fully saturated rings. The molecule has 7 nitrogen and oxygen atoms in total. The fourth-order valence-corrected chi connectivity index (χ4v) is 6.44. The predicted octanol–water partition coefficient (Wildman–Crippen LogP) is 4.45. The topological polar surface area (TPSA) is 84.7 Å². The van der Waals surface area contributed by atoms with Gasteiger partial charge in [-0.3, -0.25) is 19.8 Å². The van der Waals surface area contributed by atoms with E-state index in [9.17, 15) is 14.9 Å². The van der Waals surface area contributed by atoms with E-state index < -0.39 is 17.5 Å². The molecule has 4 atom stereocenters. The molecule has 31 heavy (non-hydrogen) atoms. The molecule has 0 bridgehead atoms. The Morgan fingerprint density at radius 2 is 2.00 bits per heavy atom. The highest BCUT2D eigenvalue weighted by Gasteiger charge is 2.73. The summed E-state index contributed by atoms with van der Waals surface area (Å²) in [6, 6.07) is 9.31. The lowest BCUT2D eigenvalue weighted by Crippen LogP contribution is -2.55. The number of benzene rings is 2. The van der Waals surface area contributed by atoms with Crippen molar-refractivity contribution in [2.24, 2.45) is 0 Å². The number of anilines is 1. The number of ether oxygens (including phenoxy) is 1. The van der Waals surface area contributed by atoms with Crippen molar-refractivity contribution in [2.75, 3.05) is 18.5 Å². The number of rotatable bonds is 4. The summed E-state index contributed by atoms with van der Waals surface area (Å²) in [4.78, 5) is 27.7. The summed E-state index contributed by atoms with van der Waals surface area (Å²) in [6.45, 7) is 2.85. The maximum Gasteiger partial charge on any atom is 0.256 e. The van der Waals surface area contributed by atoms with E-state index in [-0.39, 0.29) is 16.9 Å². The van der Waals surface area contributed by atoms with Crippen molar-refractivity contribution in [3.63, 3.8) is 0 Å². The smallest absolute Gasteiger partial charge is 0.256 e. The first-order valence-corrected chi connectivity index (χ1v) is 11.1. The minimum atomic E-state index is -1.36. The van der Waals surface area contributed by atoms with Gasteiger partial charge in [-0.2, -0.15) is 0 Å². The van der Waals surface area contributed by atoms with Gasteiger partial charge in [0.15, 0.2) is 11.3 Å². The van der Waals surface area contributed by atoms with E-state index in [1.807, 2.05) is 30.0 Å². The van der Waals surface area contributed by atoms with Crippen LogP contribution in [0.4, 0.5) is 5.69 Å². The first-order valence-electron chi connectivity index (χ1n) is 10.3. The molecule has 2 aromatic rings. The molecule has 162 valence electrons. The fraction of sp³-hybridized carbons (Fsp3) is 0.409. The number of carbonyl (C=O) groups excluding carboxylic acids is 1. The van der Waals surface area contributed by atoms with Gasteiger partial charge in [0, 0.05) is 28.8 Å². The second kappa shape index (κ2) is 7.36. The first-order chi connectivity index (χ1) is 14.9. The predicted molar refractivity (Wildman–Crippen MR) is 118 cm³/mol.